The minimum absolute atomic E-state index is 0.0132. The molecule has 4 heteroatoms. The number of carbonyl (C=O) groups excluding carboxylic acids is 1. The number of hydrogen-bond acceptors (Lipinski definition) is 1. The number of hydrogen-bond donors (Lipinski definition) is 0. The maximum Gasteiger partial charge on any atom is 0.253 e. The van der Waals surface area contributed by atoms with E-state index >= 15 is 0 Å². The fourth-order valence-corrected chi connectivity index (χ4v) is 2.97. The van der Waals surface area contributed by atoms with E-state index < -0.39 is 0 Å². The van der Waals surface area contributed by atoms with Gasteiger partial charge < -0.3 is 4.90 Å². The third-order valence-corrected chi connectivity index (χ3v) is 4.74. The van der Waals surface area contributed by atoms with Gasteiger partial charge in [0, 0.05) is 25.1 Å². The lowest BCUT2D eigenvalue weighted by Gasteiger charge is -2.25. The number of nitrogens with zero attached hydrogens (tertiary/aromatic N) is 1. The third kappa shape index (κ3) is 4.86. The Morgan fingerprint density at radius 2 is 1.88 bits per heavy atom. The smallest absolute Gasteiger partial charge is 0.253 e. The van der Waals surface area contributed by atoms with Gasteiger partial charge in [-0.2, -0.15) is 0 Å². The maximum atomic E-state index is 12.6. The van der Waals surface area contributed by atoms with Crippen LogP contribution in [0.2, 0.25) is 10.0 Å². The van der Waals surface area contributed by atoms with Gasteiger partial charge >= 0.3 is 0 Å². The highest BCUT2D eigenvalue weighted by molar-refractivity contribution is 6.42. The van der Waals surface area contributed by atoms with Crippen LogP contribution < -0.4 is 0 Å². The summed E-state index contributed by atoms with van der Waals surface area (Å²) in [5.74, 6) is 0.190. The first-order chi connectivity index (χ1) is 11.5. The Bertz CT molecular complexity index is 700. The average Bonchev–Trinajstić information content (AvgIpc) is 2.61. The van der Waals surface area contributed by atoms with Crippen LogP contribution in [0.5, 0.6) is 0 Å². The second kappa shape index (κ2) is 8.91. The predicted molar refractivity (Wildman–Crippen MR) is 102 cm³/mol. The SMILES string of the molecule is C=CCCC(CN(C)C(=O)c1ccccc1)c1ccc(Cl)c(Cl)c1. The number of rotatable bonds is 7. The number of carbonyl (C=O) groups is 1. The summed E-state index contributed by atoms with van der Waals surface area (Å²) >= 11 is 12.2. The predicted octanol–water partition coefficient (Wildman–Crippen LogP) is 5.82. The molecule has 2 nitrogen and oxygen atoms in total. The second-order valence-corrected chi connectivity index (χ2v) is 6.60. The average molecular weight is 362 g/mol. The van der Waals surface area contributed by atoms with Gasteiger partial charge in [0.15, 0.2) is 0 Å². The van der Waals surface area contributed by atoms with E-state index in [1.54, 1.807) is 11.0 Å². The van der Waals surface area contributed by atoms with Crippen LogP contribution in [-0.4, -0.2) is 24.4 Å². The molecule has 0 saturated heterocycles. The first kappa shape index (κ1) is 18.6. The Hall–Kier alpha value is -1.77. The third-order valence-electron chi connectivity index (χ3n) is 4.00. The monoisotopic (exact) mass is 361 g/mol. The summed E-state index contributed by atoms with van der Waals surface area (Å²) in [7, 11) is 1.83. The van der Waals surface area contributed by atoms with E-state index in [2.05, 4.69) is 6.58 Å². The zero-order valence-electron chi connectivity index (χ0n) is 13.7. The van der Waals surface area contributed by atoms with Crippen molar-refractivity contribution in [2.75, 3.05) is 13.6 Å². The van der Waals surface area contributed by atoms with Crippen molar-refractivity contribution < 1.29 is 4.79 Å². The molecule has 2 aromatic carbocycles. The van der Waals surface area contributed by atoms with Gasteiger partial charge in [0.1, 0.15) is 0 Å². The lowest BCUT2D eigenvalue weighted by molar-refractivity contribution is 0.0785. The Balaban J connectivity index is 2.17. The van der Waals surface area contributed by atoms with E-state index in [1.807, 2.05) is 55.6 Å². The summed E-state index contributed by atoms with van der Waals surface area (Å²) in [5, 5.41) is 1.08. The van der Waals surface area contributed by atoms with E-state index in [0.29, 0.717) is 22.2 Å². The van der Waals surface area contributed by atoms with Crippen LogP contribution in [0.4, 0.5) is 0 Å². The Morgan fingerprint density at radius 3 is 2.50 bits per heavy atom. The van der Waals surface area contributed by atoms with E-state index in [1.165, 1.54) is 0 Å². The van der Waals surface area contributed by atoms with Gasteiger partial charge in [-0.05, 0) is 42.7 Å². The molecule has 0 aliphatic heterocycles. The first-order valence-corrected chi connectivity index (χ1v) is 8.65. The van der Waals surface area contributed by atoms with E-state index in [-0.39, 0.29) is 11.8 Å². The summed E-state index contributed by atoms with van der Waals surface area (Å²) in [6.45, 7) is 4.40. The molecule has 0 aromatic heterocycles. The molecule has 0 spiro atoms. The molecule has 0 aliphatic rings. The molecule has 24 heavy (non-hydrogen) atoms. The van der Waals surface area contributed by atoms with Crippen LogP contribution in [0.1, 0.15) is 34.7 Å². The lowest BCUT2D eigenvalue weighted by atomic mass is 9.93. The normalized spacial score (nSPS) is 11.8. The van der Waals surface area contributed by atoms with E-state index in [0.717, 1.165) is 18.4 Å². The zero-order valence-corrected chi connectivity index (χ0v) is 15.2. The first-order valence-electron chi connectivity index (χ1n) is 7.89. The molecule has 126 valence electrons. The molecule has 0 aliphatic carbocycles. The van der Waals surface area contributed by atoms with Crippen molar-refractivity contribution in [1.82, 2.24) is 4.90 Å². The molecule has 2 rings (SSSR count). The van der Waals surface area contributed by atoms with Crippen molar-refractivity contribution in [3.8, 4) is 0 Å². The molecule has 1 atom stereocenters. The highest BCUT2D eigenvalue weighted by Gasteiger charge is 2.19. The number of likely N-dealkylation sites (N-methyl/N-ethyl adjacent to an activating group) is 1. The maximum absolute atomic E-state index is 12.6. The zero-order chi connectivity index (χ0) is 17.5. The number of benzene rings is 2. The van der Waals surface area contributed by atoms with Gasteiger partial charge in [-0.1, -0.05) is 53.5 Å². The molecule has 0 heterocycles. The van der Waals surface area contributed by atoms with Gasteiger partial charge in [-0.15, -0.1) is 6.58 Å². The van der Waals surface area contributed by atoms with Gasteiger partial charge in [0.05, 0.1) is 10.0 Å². The van der Waals surface area contributed by atoms with Gasteiger partial charge in [-0.25, -0.2) is 0 Å². The Labute approximate surface area is 153 Å². The molecule has 1 amide bonds. The van der Waals surface area contributed by atoms with E-state index in [4.69, 9.17) is 23.2 Å². The second-order valence-electron chi connectivity index (χ2n) is 5.79. The molecular formula is C20H21Cl2NO. The van der Waals surface area contributed by atoms with Crippen LogP contribution in [0, 0.1) is 0 Å². The minimum Gasteiger partial charge on any atom is -0.341 e. The number of allylic oxidation sites excluding steroid dienone is 1. The summed E-state index contributed by atoms with van der Waals surface area (Å²) in [6, 6.07) is 15.0. The molecular weight excluding hydrogens is 341 g/mol. The van der Waals surface area contributed by atoms with Crippen LogP contribution in [0.15, 0.2) is 61.2 Å². The highest BCUT2D eigenvalue weighted by atomic mass is 35.5. The largest absolute Gasteiger partial charge is 0.341 e. The Morgan fingerprint density at radius 1 is 1.17 bits per heavy atom. The molecule has 0 fully saturated rings. The summed E-state index contributed by atoms with van der Waals surface area (Å²) < 4.78 is 0. The number of amides is 1. The van der Waals surface area contributed by atoms with Crippen molar-refractivity contribution in [2.45, 2.75) is 18.8 Å². The van der Waals surface area contributed by atoms with Crippen molar-refractivity contribution in [2.24, 2.45) is 0 Å². The Kier molecular flexibility index (Phi) is 6.89. The fraction of sp³-hybridized carbons (Fsp3) is 0.250. The van der Waals surface area contributed by atoms with Crippen molar-refractivity contribution in [3.05, 3.63) is 82.4 Å². The fourth-order valence-electron chi connectivity index (χ4n) is 2.66. The lowest BCUT2D eigenvalue weighted by Crippen LogP contribution is -2.31. The molecule has 0 saturated carbocycles. The summed E-state index contributed by atoms with van der Waals surface area (Å²) in [6.07, 6.45) is 3.66. The van der Waals surface area contributed by atoms with Gasteiger partial charge in [-0.3, -0.25) is 4.79 Å². The molecule has 0 N–H and O–H groups in total. The van der Waals surface area contributed by atoms with Gasteiger partial charge in [0.2, 0.25) is 0 Å². The summed E-state index contributed by atoms with van der Waals surface area (Å²) in [5.41, 5.74) is 1.77. The molecule has 2 aromatic rings. The summed E-state index contributed by atoms with van der Waals surface area (Å²) in [4.78, 5) is 14.3. The highest BCUT2D eigenvalue weighted by Crippen LogP contribution is 2.29. The quantitative estimate of drug-likeness (QED) is 0.569. The van der Waals surface area contributed by atoms with Gasteiger partial charge in [0.25, 0.3) is 5.91 Å². The minimum atomic E-state index is 0.0132. The van der Waals surface area contributed by atoms with E-state index in [9.17, 15) is 4.79 Å². The molecule has 1 unspecified atom stereocenters. The van der Waals surface area contributed by atoms with Crippen LogP contribution >= 0.6 is 23.2 Å². The van der Waals surface area contributed by atoms with Crippen LogP contribution in [0.3, 0.4) is 0 Å². The molecule has 0 bridgehead atoms. The number of halogens is 2. The van der Waals surface area contributed by atoms with Crippen molar-refractivity contribution in [3.63, 3.8) is 0 Å². The van der Waals surface area contributed by atoms with Crippen molar-refractivity contribution in [1.29, 1.82) is 0 Å². The van der Waals surface area contributed by atoms with Crippen LogP contribution in [-0.2, 0) is 0 Å². The van der Waals surface area contributed by atoms with Crippen molar-refractivity contribution >= 4 is 29.1 Å². The van der Waals surface area contributed by atoms with Crippen LogP contribution in [0.25, 0.3) is 0 Å². The molecule has 0 radical (unpaired) electrons. The topological polar surface area (TPSA) is 20.3 Å². The standard InChI is InChI=1S/C20H21Cl2NO/c1-3-4-8-17(16-11-12-18(21)19(22)13-16)14-23(2)20(24)15-9-6-5-7-10-15/h3,5-7,9-13,17H,1,4,8,14H2,2H3.